The Bertz CT molecular complexity index is 634. The Labute approximate surface area is 149 Å². The van der Waals surface area contributed by atoms with Gasteiger partial charge >= 0.3 is 0 Å². The summed E-state index contributed by atoms with van der Waals surface area (Å²) in [6.45, 7) is 4.56. The number of hydrogen-bond donors (Lipinski definition) is 1. The number of amides is 2. The van der Waals surface area contributed by atoms with E-state index < -0.39 is 0 Å². The second-order valence-electron chi connectivity index (χ2n) is 8.10. The highest BCUT2D eigenvalue weighted by atomic mass is 16.2. The summed E-state index contributed by atoms with van der Waals surface area (Å²) in [5, 5.41) is 0. The molecule has 1 N–H and O–H groups in total. The topological polar surface area (TPSA) is 59.6 Å². The van der Waals surface area contributed by atoms with Crippen LogP contribution in [0.3, 0.4) is 0 Å². The van der Waals surface area contributed by atoms with Gasteiger partial charge in [0, 0.05) is 44.8 Å². The quantitative estimate of drug-likeness (QED) is 0.886. The second kappa shape index (κ2) is 6.48. The highest BCUT2D eigenvalue weighted by Crippen LogP contribution is 2.41. The van der Waals surface area contributed by atoms with Crippen LogP contribution in [0.15, 0.2) is 18.3 Å². The zero-order valence-electron chi connectivity index (χ0n) is 15.0. The number of H-pyrrole nitrogens is 1. The highest BCUT2D eigenvalue weighted by molar-refractivity contribution is 5.92. The molecule has 1 spiro atoms. The lowest BCUT2D eigenvalue weighted by molar-refractivity contribution is -0.141. The summed E-state index contributed by atoms with van der Waals surface area (Å²) in [7, 11) is 2.13. The van der Waals surface area contributed by atoms with Gasteiger partial charge in [-0.15, -0.1) is 0 Å². The minimum absolute atomic E-state index is 0.0982. The van der Waals surface area contributed by atoms with Gasteiger partial charge in [0.25, 0.3) is 5.91 Å². The van der Waals surface area contributed by atoms with Crippen molar-refractivity contribution in [3.05, 3.63) is 24.0 Å². The van der Waals surface area contributed by atoms with Crippen LogP contribution >= 0.6 is 0 Å². The van der Waals surface area contributed by atoms with Crippen molar-refractivity contribution in [1.29, 1.82) is 0 Å². The number of likely N-dealkylation sites (N-methyl/N-ethyl adjacent to an activating group) is 1. The van der Waals surface area contributed by atoms with Crippen molar-refractivity contribution in [2.24, 2.45) is 5.41 Å². The number of nitrogens with zero attached hydrogens (tertiary/aromatic N) is 3. The monoisotopic (exact) mass is 344 g/mol. The van der Waals surface area contributed by atoms with Crippen LogP contribution in [0.5, 0.6) is 0 Å². The van der Waals surface area contributed by atoms with Crippen LogP contribution in [0.4, 0.5) is 0 Å². The Kier molecular flexibility index (Phi) is 4.31. The van der Waals surface area contributed by atoms with Gasteiger partial charge < -0.3 is 19.7 Å². The third kappa shape index (κ3) is 3.19. The van der Waals surface area contributed by atoms with E-state index in [4.69, 9.17) is 0 Å². The molecule has 3 aliphatic rings. The van der Waals surface area contributed by atoms with E-state index >= 15 is 0 Å². The van der Waals surface area contributed by atoms with Crippen LogP contribution in [0.1, 0.15) is 42.6 Å². The van der Waals surface area contributed by atoms with Crippen LogP contribution in [-0.4, -0.2) is 77.3 Å². The number of aromatic amines is 1. The van der Waals surface area contributed by atoms with Gasteiger partial charge in [0.05, 0.1) is 0 Å². The summed E-state index contributed by atoms with van der Waals surface area (Å²) in [5.41, 5.74) is 0.882. The van der Waals surface area contributed by atoms with Gasteiger partial charge in [-0.05, 0) is 56.8 Å². The molecule has 0 bridgehead atoms. The molecule has 4 rings (SSSR count). The van der Waals surface area contributed by atoms with Crippen LogP contribution in [0.25, 0.3) is 0 Å². The minimum atomic E-state index is 0.0982. The maximum absolute atomic E-state index is 12.5. The molecule has 4 heterocycles. The van der Waals surface area contributed by atoms with Gasteiger partial charge in [-0.1, -0.05) is 0 Å². The van der Waals surface area contributed by atoms with Gasteiger partial charge in [0.15, 0.2) is 0 Å². The van der Waals surface area contributed by atoms with Crippen LogP contribution in [-0.2, 0) is 4.79 Å². The van der Waals surface area contributed by atoms with E-state index in [1.54, 1.807) is 6.20 Å². The maximum atomic E-state index is 12.5. The van der Waals surface area contributed by atoms with Crippen molar-refractivity contribution in [2.45, 2.75) is 38.1 Å². The second-order valence-corrected chi connectivity index (χ2v) is 8.10. The molecule has 0 radical (unpaired) electrons. The number of likely N-dealkylation sites (tertiary alicyclic amines) is 3. The molecule has 0 saturated carbocycles. The number of nitrogens with one attached hydrogen (secondary N) is 1. The van der Waals surface area contributed by atoms with Crippen molar-refractivity contribution in [3.63, 3.8) is 0 Å². The molecule has 3 saturated heterocycles. The van der Waals surface area contributed by atoms with Crippen LogP contribution < -0.4 is 0 Å². The molecular weight excluding hydrogens is 316 g/mol. The van der Waals surface area contributed by atoms with E-state index in [-0.39, 0.29) is 11.3 Å². The van der Waals surface area contributed by atoms with Gasteiger partial charge in [-0.2, -0.15) is 0 Å². The number of rotatable bonds is 2. The number of hydrogen-bond acceptors (Lipinski definition) is 3. The Morgan fingerprint density at radius 1 is 1.24 bits per heavy atom. The van der Waals surface area contributed by atoms with E-state index in [1.807, 2.05) is 17.0 Å². The number of piperidine rings is 2. The largest absolute Gasteiger partial charge is 0.357 e. The van der Waals surface area contributed by atoms with Crippen molar-refractivity contribution >= 4 is 11.8 Å². The fourth-order valence-electron chi connectivity index (χ4n) is 4.77. The lowest BCUT2D eigenvalue weighted by Crippen LogP contribution is -2.55. The molecule has 1 aromatic heterocycles. The van der Waals surface area contributed by atoms with E-state index in [0.29, 0.717) is 24.1 Å². The number of aromatic nitrogens is 1. The van der Waals surface area contributed by atoms with Gasteiger partial charge in [0.2, 0.25) is 5.91 Å². The Morgan fingerprint density at radius 3 is 2.68 bits per heavy atom. The van der Waals surface area contributed by atoms with Crippen molar-refractivity contribution < 1.29 is 9.59 Å². The standard InChI is InChI=1S/C19H28N4O2/c1-21-10-5-15(13-21)23-14-19(6-4-17(23)24)7-11-22(12-8-19)18(25)16-3-2-9-20-16/h2-3,9,15,20H,4-8,10-14H2,1H3/t15-/m1/s1. The van der Waals surface area contributed by atoms with Gasteiger partial charge in [-0.3, -0.25) is 9.59 Å². The lowest BCUT2D eigenvalue weighted by atomic mass is 9.72. The molecule has 1 atom stereocenters. The highest BCUT2D eigenvalue weighted by Gasteiger charge is 2.44. The maximum Gasteiger partial charge on any atom is 0.270 e. The fourth-order valence-corrected chi connectivity index (χ4v) is 4.77. The first-order valence-corrected chi connectivity index (χ1v) is 9.47. The molecule has 6 nitrogen and oxygen atoms in total. The van der Waals surface area contributed by atoms with Gasteiger partial charge in [0.1, 0.15) is 5.69 Å². The zero-order valence-corrected chi connectivity index (χ0v) is 15.0. The summed E-state index contributed by atoms with van der Waals surface area (Å²) in [6.07, 6.45) is 6.55. The first kappa shape index (κ1) is 16.6. The van der Waals surface area contributed by atoms with Crippen LogP contribution in [0.2, 0.25) is 0 Å². The van der Waals surface area contributed by atoms with E-state index in [1.165, 1.54) is 0 Å². The first-order valence-electron chi connectivity index (χ1n) is 9.47. The SMILES string of the molecule is CN1CC[C@@H](N2CC3(CCC2=O)CCN(C(=O)c2ccc[nH]2)CC3)C1. The molecule has 0 aromatic carbocycles. The molecule has 25 heavy (non-hydrogen) atoms. The van der Waals surface area contributed by atoms with Gasteiger partial charge in [-0.25, -0.2) is 0 Å². The third-order valence-corrected chi connectivity index (χ3v) is 6.44. The summed E-state index contributed by atoms with van der Waals surface area (Å²) >= 11 is 0. The average Bonchev–Trinajstić information content (AvgIpc) is 3.29. The third-order valence-electron chi connectivity index (χ3n) is 6.44. The minimum Gasteiger partial charge on any atom is -0.357 e. The van der Waals surface area contributed by atoms with Crippen molar-refractivity contribution in [3.8, 4) is 0 Å². The molecule has 2 amide bonds. The molecule has 6 heteroatoms. The predicted molar refractivity (Wildman–Crippen MR) is 95.2 cm³/mol. The van der Waals surface area contributed by atoms with Crippen molar-refractivity contribution in [1.82, 2.24) is 19.7 Å². The van der Waals surface area contributed by atoms with E-state index in [2.05, 4.69) is 21.8 Å². The normalized spacial score (nSPS) is 27.2. The first-order chi connectivity index (χ1) is 12.1. The Hall–Kier alpha value is -1.82. The Morgan fingerprint density at radius 2 is 2.04 bits per heavy atom. The van der Waals surface area contributed by atoms with E-state index in [9.17, 15) is 9.59 Å². The molecule has 136 valence electrons. The number of carbonyl (C=O) groups is 2. The molecule has 0 aliphatic carbocycles. The molecule has 3 aliphatic heterocycles. The molecule has 0 unspecified atom stereocenters. The molecule has 3 fully saturated rings. The number of carbonyl (C=O) groups excluding carboxylic acids is 2. The Balaban J connectivity index is 1.40. The smallest absolute Gasteiger partial charge is 0.270 e. The van der Waals surface area contributed by atoms with Crippen molar-refractivity contribution in [2.75, 3.05) is 39.8 Å². The molecule has 1 aromatic rings. The summed E-state index contributed by atoms with van der Waals surface area (Å²) in [5.74, 6) is 0.428. The van der Waals surface area contributed by atoms with E-state index in [0.717, 1.165) is 58.4 Å². The molecular formula is C19H28N4O2. The fraction of sp³-hybridized carbons (Fsp3) is 0.684. The predicted octanol–water partition coefficient (Wildman–Crippen LogP) is 1.56. The average molecular weight is 344 g/mol. The zero-order chi connectivity index (χ0) is 17.4. The van der Waals surface area contributed by atoms with Crippen LogP contribution in [0, 0.1) is 5.41 Å². The summed E-state index contributed by atoms with van der Waals surface area (Å²) in [4.78, 5) is 34.4. The lowest BCUT2D eigenvalue weighted by Gasteiger charge is -2.48. The summed E-state index contributed by atoms with van der Waals surface area (Å²) in [6, 6.07) is 4.08. The summed E-state index contributed by atoms with van der Waals surface area (Å²) < 4.78 is 0.